The van der Waals surface area contributed by atoms with Crippen LogP contribution in [0.4, 0.5) is 0 Å². The van der Waals surface area contributed by atoms with Gasteiger partial charge in [-0.05, 0) is 73.9 Å². The van der Waals surface area contributed by atoms with E-state index in [0.29, 0.717) is 13.0 Å². The summed E-state index contributed by atoms with van der Waals surface area (Å²) < 4.78 is 27.2. The van der Waals surface area contributed by atoms with Gasteiger partial charge in [-0.2, -0.15) is 0 Å². The molecule has 2 aromatic carbocycles. The molecule has 0 atom stereocenters. The number of rotatable bonds is 7. The minimum absolute atomic E-state index is 0.0654. The third-order valence-electron chi connectivity index (χ3n) is 4.87. The number of carbonyl (C=O) groups excluding carboxylic acids is 1. The lowest BCUT2D eigenvalue weighted by Gasteiger charge is -2.16. The Bertz CT molecular complexity index is 952. The van der Waals surface area contributed by atoms with Gasteiger partial charge in [0, 0.05) is 12.6 Å². The van der Waals surface area contributed by atoms with Gasteiger partial charge in [0.05, 0.1) is 11.3 Å². The second kappa shape index (κ2) is 8.88. The van der Waals surface area contributed by atoms with Crippen LogP contribution in [0.25, 0.3) is 0 Å². The van der Waals surface area contributed by atoms with Crippen LogP contribution >= 0.6 is 0 Å². The van der Waals surface area contributed by atoms with Crippen molar-refractivity contribution in [3.63, 3.8) is 0 Å². The van der Waals surface area contributed by atoms with Gasteiger partial charge in [0.25, 0.3) is 0 Å². The Hall–Kier alpha value is -2.18. The van der Waals surface area contributed by atoms with Crippen LogP contribution in [0.3, 0.4) is 0 Å². The minimum Gasteiger partial charge on any atom is -0.352 e. The number of benzene rings is 2. The van der Waals surface area contributed by atoms with Crippen molar-refractivity contribution in [1.82, 2.24) is 10.0 Å². The molecule has 0 aromatic heterocycles. The van der Waals surface area contributed by atoms with Gasteiger partial charge in [-0.15, -0.1) is 0 Å². The van der Waals surface area contributed by atoms with E-state index in [9.17, 15) is 13.2 Å². The lowest BCUT2D eigenvalue weighted by atomic mass is 9.90. The summed E-state index contributed by atoms with van der Waals surface area (Å²) in [6, 6.07) is 12.8. The van der Waals surface area contributed by atoms with Crippen molar-refractivity contribution in [1.29, 1.82) is 0 Å². The Morgan fingerprint density at radius 3 is 2.50 bits per heavy atom. The zero-order chi connectivity index (χ0) is 20.1. The van der Waals surface area contributed by atoms with Crippen molar-refractivity contribution < 1.29 is 13.2 Å². The van der Waals surface area contributed by atoms with Gasteiger partial charge < -0.3 is 5.32 Å². The largest absolute Gasteiger partial charge is 0.352 e. The van der Waals surface area contributed by atoms with Gasteiger partial charge in [0.15, 0.2) is 0 Å². The molecule has 0 fully saturated rings. The molecular weight excluding hydrogens is 372 g/mol. The highest BCUT2D eigenvalue weighted by atomic mass is 32.2. The van der Waals surface area contributed by atoms with Crippen molar-refractivity contribution in [3.8, 4) is 0 Å². The summed E-state index contributed by atoms with van der Waals surface area (Å²) in [5.74, 6) is -0.0654. The SMILES string of the molecule is CC(C)NS(=O)(=O)c1cccc(CNC(=O)Cc2ccc3c(c2)CCCC3)c1. The third-order valence-corrected chi connectivity index (χ3v) is 6.52. The molecule has 3 rings (SSSR count). The quantitative estimate of drug-likeness (QED) is 0.750. The molecule has 0 aliphatic heterocycles. The van der Waals surface area contributed by atoms with Gasteiger partial charge in [-0.3, -0.25) is 4.79 Å². The van der Waals surface area contributed by atoms with Crippen molar-refractivity contribution in [3.05, 3.63) is 64.7 Å². The van der Waals surface area contributed by atoms with E-state index in [0.717, 1.165) is 24.0 Å². The Morgan fingerprint density at radius 2 is 1.75 bits per heavy atom. The third kappa shape index (κ3) is 5.42. The molecule has 0 bridgehead atoms. The number of sulfonamides is 1. The van der Waals surface area contributed by atoms with E-state index in [4.69, 9.17) is 0 Å². The van der Waals surface area contributed by atoms with Crippen molar-refractivity contribution >= 4 is 15.9 Å². The molecule has 0 heterocycles. The first kappa shape index (κ1) is 20.6. The van der Waals surface area contributed by atoms with Gasteiger partial charge in [-0.1, -0.05) is 30.3 Å². The molecule has 1 aliphatic rings. The fraction of sp³-hybridized carbons (Fsp3) is 0.409. The van der Waals surface area contributed by atoms with Crippen molar-refractivity contribution in [2.45, 2.75) is 63.4 Å². The highest BCUT2D eigenvalue weighted by Gasteiger charge is 2.16. The number of hydrogen-bond acceptors (Lipinski definition) is 3. The van der Waals surface area contributed by atoms with E-state index in [2.05, 4.69) is 22.2 Å². The fourth-order valence-electron chi connectivity index (χ4n) is 3.55. The first-order chi connectivity index (χ1) is 13.3. The Balaban J connectivity index is 1.60. The van der Waals surface area contributed by atoms with E-state index in [1.807, 2.05) is 12.1 Å². The highest BCUT2D eigenvalue weighted by Crippen LogP contribution is 2.22. The van der Waals surface area contributed by atoms with Crippen LogP contribution < -0.4 is 10.0 Å². The Labute approximate surface area is 167 Å². The van der Waals surface area contributed by atoms with Gasteiger partial charge in [0.2, 0.25) is 15.9 Å². The standard InChI is InChI=1S/C22H28N2O3S/c1-16(2)24-28(26,27)21-9-5-6-18(13-21)15-23-22(25)14-17-10-11-19-7-3-4-8-20(19)12-17/h5-6,9-13,16,24H,3-4,7-8,14-15H2,1-2H3,(H,23,25). The molecule has 0 saturated heterocycles. The molecule has 2 aromatic rings. The molecule has 1 amide bonds. The smallest absolute Gasteiger partial charge is 0.240 e. The van der Waals surface area contributed by atoms with Gasteiger partial charge in [-0.25, -0.2) is 13.1 Å². The molecule has 0 unspecified atom stereocenters. The van der Waals surface area contributed by atoms with E-state index >= 15 is 0 Å². The summed E-state index contributed by atoms with van der Waals surface area (Å²) in [4.78, 5) is 12.6. The molecule has 2 N–H and O–H groups in total. The first-order valence-electron chi connectivity index (χ1n) is 9.82. The molecule has 0 saturated carbocycles. The maximum absolute atomic E-state index is 12.3. The number of carbonyl (C=O) groups is 1. The predicted octanol–water partition coefficient (Wildman–Crippen LogP) is 3.11. The Morgan fingerprint density at radius 1 is 1.00 bits per heavy atom. The number of aryl methyl sites for hydroxylation is 2. The highest BCUT2D eigenvalue weighted by molar-refractivity contribution is 7.89. The monoisotopic (exact) mass is 400 g/mol. The van der Waals surface area contributed by atoms with Crippen LogP contribution in [0.5, 0.6) is 0 Å². The second-order valence-electron chi connectivity index (χ2n) is 7.69. The van der Waals surface area contributed by atoms with Crippen LogP contribution in [0, 0.1) is 0 Å². The normalized spacial score (nSPS) is 14.0. The molecule has 0 spiro atoms. The molecule has 150 valence electrons. The zero-order valence-electron chi connectivity index (χ0n) is 16.5. The number of amides is 1. The summed E-state index contributed by atoms with van der Waals surface area (Å²) in [7, 11) is -3.54. The maximum Gasteiger partial charge on any atom is 0.240 e. The predicted molar refractivity (Wildman–Crippen MR) is 111 cm³/mol. The minimum atomic E-state index is -3.54. The van der Waals surface area contributed by atoms with E-state index in [1.165, 1.54) is 24.0 Å². The molecule has 5 nitrogen and oxygen atoms in total. The van der Waals surface area contributed by atoms with Crippen molar-refractivity contribution in [2.75, 3.05) is 0 Å². The van der Waals surface area contributed by atoms with Gasteiger partial charge in [0.1, 0.15) is 0 Å². The van der Waals surface area contributed by atoms with E-state index in [1.54, 1.807) is 32.0 Å². The van der Waals surface area contributed by atoms with Crippen molar-refractivity contribution in [2.24, 2.45) is 0 Å². The van der Waals surface area contributed by atoms with E-state index < -0.39 is 10.0 Å². The van der Waals surface area contributed by atoms with Crippen LogP contribution in [0.1, 0.15) is 48.9 Å². The molecule has 28 heavy (non-hydrogen) atoms. The summed E-state index contributed by atoms with van der Waals surface area (Å²) in [6.07, 6.45) is 5.02. The van der Waals surface area contributed by atoms with Crippen LogP contribution in [0.2, 0.25) is 0 Å². The molecule has 0 radical (unpaired) electrons. The summed E-state index contributed by atoms with van der Waals surface area (Å²) in [5, 5.41) is 2.89. The zero-order valence-corrected chi connectivity index (χ0v) is 17.3. The number of nitrogens with one attached hydrogen (secondary N) is 2. The van der Waals surface area contributed by atoms with Crippen LogP contribution in [0.15, 0.2) is 47.4 Å². The lowest BCUT2D eigenvalue weighted by Crippen LogP contribution is -2.30. The lowest BCUT2D eigenvalue weighted by molar-refractivity contribution is -0.120. The van der Waals surface area contributed by atoms with E-state index in [-0.39, 0.29) is 16.8 Å². The number of hydrogen-bond donors (Lipinski definition) is 2. The average molecular weight is 401 g/mol. The van der Waals surface area contributed by atoms with Crippen LogP contribution in [-0.2, 0) is 40.6 Å². The average Bonchev–Trinajstić information content (AvgIpc) is 2.65. The van der Waals surface area contributed by atoms with Crippen LogP contribution in [-0.4, -0.2) is 20.4 Å². The summed E-state index contributed by atoms with van der Waals surface area (Å²) in [6.45, 7) is 3.86. The first-order valence-corrected chi connectivity index (χ1v) is 11.3. The fourth-order valence-corrected chi connectivity index (χ4v) is 4.87. The van der Waals surface area contributed by atoms with Gasteiger partial charge >= 0.3 is 0 Å². The molecule has 6 heteroatoms. The summed E-state index contributed by atoms with van der Waals surface area (Å²) in [5.41, 5.74) is 4.55. The number of fused-ring (bicyclic) bond motifs is 1. The molecule has 1 aliphatic carbocycles. The Kier molecular flexibility index (Phi) is 6.52. The topological polar surface area (TPSA) is 75.3 Å². The second-order valence-corrected chi connectivity index (χ2v) is 9.40. The summed E-state index contributed by atoms with van der Waals surface area (Å²) >= 11 is 0. The maximum atomic E-state index is 12.3. The molecular formula is C22H28N2O3S.